The first-order valence-electron chi connectivity index (χ1n) is 3.15. The molecule has 2 N–H and O–H groups in total. The third-order valence-electron chi connectivity index (χ3n) is 1.04. The summed E-state index contributed by atoms with van der Waals surface area (Å²) in [6, 6.07) is 0. The van der Waals surface area contributed by atoms with Gasteiger partial charge in [0.05, 0.1) is 0 Å². The summed E-state index contributed by atoms with van der Waals surface area (Å²) in [5.74, 6) is -1.28. The molecule has 0 saturated carbocycles. The number of carbonyl (C=O) groups excluding carboxylic acids is 1. The maximum atomic E-state index is 10.6. The Kier molecular flexibility index (Phi) is 4.02. The van der Waals surface area contributed by atoms with E-state index in [1.165, 1.54) is 0 Å². The molecule has 0 fully saturated rings. The summed E-state index contributed by atoms with van der Waals surface area (Å²) < 4.78 is 53.9. The highest BCUT2D eigenvalue weighted by molar-refractivity contribution is 7.74. The largest absolute Gasteiger partial charge is 0.516 e. The molecule has 2 atom stereocenters. The number of carbonyl (C=O) groups is 1. The second kappa shape index (κ2) is 5.06. The second-order valence-electron chi connectivity index (χ2n) is 1.95. The van der Waals surface area contributed by atoms with E-state index in [0.29, 0.717) is 0 Å². The maximum Gasteiger partial charge on any atom is 0.516 e. The van der Waals surface area contributed by atoms with Crippen LogP contribution in [0.15, 0.2) is 11.7 Å². The number of hydrogen-bond acceptors (Lipinski definition) is 7. The van der Waals surface area contributed by atoms with Crippen molar-refractivity contribution in [3.63, 3.8) is 0 Å². The minimum absolute atomic E-state index is 0.488. The molecule has 0 saturated heterocycles. The fourth-order valence-electron chi connectivity index (χ4n) is 0.618. The van der Waals surface area contributed by atoms with Crippen LogP contribution >= 0.6 is 0 Å². The van der Waals surface area contributed by atoms with Gasteiger partial charge in [0.15, 0.2) is 6.61 Å². The van der Waals surface area contributed by atoms with Gasteiger partial charge in [-0.3, -0.25) is 9.11 Å². The van der Waals surface area contributed by atoms with Gasteiger partial charge in [0.1, 0.15) is 0 Å². The zero-order valence-electron chi connectivity index (χ0n) is 6.78. The average Bonchev–Trinajstić information content (AvgIpc) is 2.08. The lowest BCUT2D eigenvalue weighted by molar-refractivity contribution is 0.0191. The Morgan fingerprint density at radius 2 is 1.80 bits per heavy atom. The lowest BCUT2D eigenvalue weighted by Crippen LogP contribution is -2.22. The van der Waals surface area contributed by atoms with Crippen molar-refractivity contribution in [1.29, 1.82) is 0 Å². The molecule has 2 unspecified atom stereocenters. The summed E-state index contributed by atoms with van der Waals surface area (Å²) in [5.41, 5.74) is 0. The van der Waals surface area contributed by atoms with E-state index in [0.717, 1.165) is 0 Å². The fourth-order valence-corrected chi connectivity index (χ4v) is 1.16. The standard InChI is InChI=1S/C4H4O9S2/c5-4-10-1-2(12-14(6)7)3(11-4)13-15(8)9/h1H2,(H,6,7)(H,8,9). The van der Waals surface area contributed by atoms with Crippen molar-refractivity contribution in [2.24, 2.45) is 0 Å². The summed E-state index contributed by atoms with van der Waals surface area (Å²) in [5, 5.41) is 0. The molecule has 1 aliphatic rings. The SMILES string of the molecule is O=C1OCC(OS(=O)O)=C(OS(=O)O)O1. The van der Waals surface area contributed by atoms with E-state index in [4.69, 9.17) is 9.11 Å². The summed E-state index contributed by atoms with van der Waals surface area (Å²) in [6.45, 7) is -0.544. The molecule has 0 aromatic rings. The third-order valence-corrected chi connectivity index (χ3v) is 1.68. The van der Waals surface area contributed by atoms with E-state index in [2.05, 4.69) is 17.8 Å². The van der Waals surface area contributed by atoms with Crippen molar-refractivity contribution < 1.29 is 40.2 Å². The molecular weight excluding hydrogens is 256 g/mol. The Morgan fingerprint density at radius 1 is 1.20 bits per heavy atom. The Bertz CT molecular complexity index is 346. The van der Waals surface area contributed by atoms with Crippen LogP contribution in [0.1, 0.15) is 0 Å². The molecule has 0 amide bonds. The smallest absolute Gasteiger partial charge is 0.425 e. The normalized spacial score (nSPS) is 20.0. The monoisotopic (exact) mass is 260 g/mol. The summed E-state index contributed by atoms with van der Waals surface area (Å²) in [7, 11) is 0. The van der Waals surface area contributed by atoms with Gasteiger partial charge in [-0.15, -0.1) is 0 Å². The van der Waals surface area contributed by atoms with Gasteiger partial charge in [-0.1, -0.05) is 0 Å². The highest BCUT2D eigenvalue weighted by Gasteiger charge is 2.27. The van der Waals surface area contributed by atoms with Crippen LogP contribution in [0.25, 0.3) is 0 Å². The lowest BCUT2D eigenvalue weighted by Gasteiger charge is -2.16. The maximum absolute atomic E-state index is 10.6. The van der Waals surface area contributed by atoms with Crippen molar-refractivity contribution in [3.8, 4) is 0 Å². The summed E-state index contributed by atoms with van der Waals surface area (Å²) in [4.78, 5) is 10.6. The molecule has 86 valence electrons. The minimum Gasteiger partial charge on any atom is -0.425 e. The van der Waals surface area contributed by atoms with Gasteiger partial charge in [-0.25, -0.2) is 4.79 Å². The Hall–Kier alpha value is -1.17. The number of cyclic esters (lactones) is 2. The van der Waals surface area contributed by atoms with Crippen LogP contribution in [0, 0.1) is 0 Å². The zero-order valence-corrected chi connectivity index (χ0v) is 8.41. The summed E-state index contributed by atoms with van der Waals surface area (Å²) >= 11 is -5.46. The molecule has 9 nitrogen and oxygen atoms in total. The van der Waals surface area contributed by atoms with Gasteiger partial charge in [0.2, 0.25) is 5.76 Å². The van der Waals surface area contributed by atoms with Crippen LogP contribution in [0.4, 0.5) is 4.79 Å². The molecule has 11 heteroatoms. The van der Waals surface area contributed by atoms with Gasteiger partial charge in [-0.05, 0) is 0 Å². The number of hydrogen-bond donors (Lipinski definition) is 2. The van der Waals surface area contributed by atoms with Gasteiger partial charge >= 0.3 is 34.8 Å². The van der Waals surface area contributed by atoms with E-state index >= 15 is 0 Å². The number of rotatable bonds is 4. The van der Waals surface area contributed by atoms with Crippen molar-refractivity contribution in [2.75, 3.05) is 6.61 Å². The third kappa shape index (κ3) is 3.83. The molecule has 0 spiro atoms. The average molecular weight is 260 g/mol. The highest BCUT2D eigenvalue weighted by Crippen LogP contribution is 2.18. The molecule has 15 heavy (non-hydrogen) atoms. The van der Waals surface area contributed by atoms with Crippen molar-refractivity contribution in [3.05, 3.63) is 11.7 Å². The van der Waals surface area contributed by atoms with E-state index in [1.807, 2.05) is 0 Å². The van der Waals surface area contributed by atoms with Crippen molar-refractivity contribution in [2.45, 2.75) is 0 Å². The van der Waals surface area contributed by atoms with Crippen LogP contribution in [0.2, 0.25) is 0 Å². The van der Waals surface area contributed by atoms with Crippen LogP contribution in [0.3, 0.4) is 0 Å². The lowest BCUT2D eigenvalue weighted by atomic mass is 10.5. The predicted molar refractivity (Wildman–Crippen MR) is 43.2 cm³/mol. The zero-order chi connectivity index (χ0) is 11.4. The van der Waals surface area contributed by atoms with Crippen molar-refractivity contribution >= 4 is 28.9 Å². The van der Waals surface area contributed by atoms with Crippen LogP contribution < -0.4 is 0 Å². The van der Waals surface area contributed by atoms with Gasteiger partial charge < -0.3 is 17.8 Å². The predicted octanol–water partition coefficient (Wildman–Crippen LogP) is -0.371. The molecule has 1 aliphatic heterocycles. The van der Waals surface area contributed by atoms with Crippen LogP contribution in [-0.4, -0.2) is 30.3 Å². The highest BCUT2D eigenvalue weighted by atomic mass is 32.2. The first kappa shape index (κ1) is 11.9. The van der Waals surface area contributed by atoms with E-state index < -0.39 is 47.2 Å². The quantitative estimate of drug-likeness (QED) is 0.513. The fraction of sp³-hybridized carbons (Fsp3) is 0.250. The van der Waals surface area contributed by atoms with Crippen LogP contribution in [0.5, 0.6) is 0 Å². The molecule has 0 aliphatic carbocycles. The molecule has 1 rings (SSSR count). The van der Waals surface area contributed by atoms with Gasteiger partial charge in [0.25, 0.3) is 0 Å². The molecular formula is C4H4O9S2. The molecule has 0 aromatic carbocycles. The first-order valence-corrected chi connectivity index (χ1v) is 5.21. The van der Waals surface area contributed by atoms with E-state index in [-0.39, 0.29) is 0 Å². The van der Waals surface area contributed by atoms with Gasteiger partial charge in [0, 0.05) is 0 Å². The molecule has 0 radical (unpaired) electrons. The molecule has 0 bridgehead atoms. The first-order chi connectivity index (χ1) is 6.99. The Labute approximate surface area is 87.9 Å². The van der Waals surface area contributed by atoms with Crippen LogP contribution in [-0.2, 0) is 40.6 Å². The summed E-state index contributed by atoms with van der Waals surface area (Å²) in [6.07, 6.45) is -1.19. The second-order valence-corrected chi connectivity index (χ2v) is 3.15. The van der Waals surface area contributed by atoms with Crippen molar-refractivity contribution in [1.82, 2.24) is 0 Å². The van der Waals surface area contributed by atoms with E-state index in [9.17, 15) is 13.2 Å². The molecule has 0 aromatic heterocycles. The minimum atomic E-state index is -2.76. The molecule has 1 heterocycles. The Morgan fingerprint density at radius 3 is 2.33 bits per heavy atom. The van der Waals surface area contributed by atoms with Gasteiger partial charge in [-0.2, -0.15) is 8.42 Å². The van der Waals surface area contributed by atoms with E-state index in [1.54, 1.807) is 0 Å². The number of ether oxygens (including phenoxy) is 2. The topological polar surface area (TPSA) is 129 Å². The Balaban J connectivity index is 2.84.